The summed E-state index contributed by atoms with van der Waals surface area (Å²) in [6, 6.07) is 7.93. The largest absolute Gasteiger partial charge is 0.320 e. The zero-order valence-electron chi connectivity index (χ0n) is 9.27. The summed E-state index contributed by atoms with van der Waals surface area (Å²) < 4.78 is 13.5. The van der Waals surface area contributed by atoms with E-state index in [0.717, 1.165) is 0 Å². The molecule has 17 heavy (non-hydrogen) atoms. The molecule has 0 atom stereocenters. The molecule has 1 aromatic heterocycles. The molecule has 86 valence electrons. The van der Waals surface area contributed by atoms with Gasteiger partial charge in [-0.1, -0.05) is 12.1 Å². The van der Waals surface area contributed by atoms with E-state index in [0.29, 0.717) is 11.3 Å². The van der Waals surface area contributed by atoms with E-state index in [1.807, 2.05) is 0 Å². The van der Waals surface area contributed by atoms with E-state index in [4.69, 9.17) is 0 Å². The van der Waals surface area contributed by atoms with Crippen LogP contribution < -0.4 is 5.32 Å². The zero-order chi connectivity index (χ0) is 12.3. The minimum Gasteiger partial charge on any atom is -0.320 e. The molecule has 0 unspecified atom stereocenters. The molecule has 1 N–H and O–H groups in total. The number of anilines is 1. The van der Waals surface area contributed by atoms with Crippen LogP contribution in [0.4, 0.5) is 10.1 Å². The summed E-state index contributed by atoms with van der Waals surface area (Å²) in [4.78, 5) is 15.7. The Kier molecular flexibility index (Phi) is 3.14. The van der Waals surface area contributed by atoms with E-state index in [1.165, 1.54) is 12.3 Å². The van der Waals surface area contributed by atoms with Crippen LogP contribution >= 0.6 is 0 Å². The highest BCUT2D eigenvalue weighted by Crippen LogP contribution is 2.14. The fraction of sp³-hybridized carbons (Fsp3) is 0.0769. The van der Waals surface area contributed by atoms with Gasteiger partial charge in [-0.25, -0.2) is 4.39 Å². The van der Waals surface area contributed by atoms with Crippen LogP contribution in [0.1, 0.15) is 15.9 Å². The van der Waals surface area contributed by atoms with Gasteiger partial charge in [0.1, 0.15) is 5.82 Å². The molecule has 3 nitrogen and oxygen atoms in total. The number of hydrogen-bond acceptors (Lipinski definition) is 2. The fourth-order valence-corrected chi connectivity index (χ4v) is 1.55. The lowest BCUT2D eigenvalue weighted by Crippen LogP contribution is -2.15. The van der Waals surface area contributed by atoms with Gasteiger partial charge < -0.3 is 5.32 Å². The quantitative estimate of drug-likeness (QED) is 0.861. The molecule has 1 aromatic carbocycles. The molecular formula is C13H11FN2O. The van der Waals surface area contributed by atoms with Gasteiger partial charge in [0.15, 0.2) is 0 Å². The molecule has 0 fully saturated rings. The minimum absolute atomic E-state index is 0.0661. The topological polar surface area (TPSA) is 42.0 Å². The van der Waals surface area contributed by atoms with Crippen molar-refractivity contribution in [1.29, 1.82) is 0 Å². The number of aromatic nitrogens is 1. The van der Waals surface area contributed by atoms with Gasteiger partial charge in [0.25, 0.3) is 5.91 Å². The molecule has 0 bridgehead atoms. The predicted molar refractivity (Wildman–Crippen MR) is 63.3 cm³/mol. The summed E-state index contributed by atoms with van der Waals surface area (Å²) >= 11 is 0. The second kappa shape index (κ2) is 4.74. The average Bonchev–Trinajstić information content (AvgIpc) is 2.30. The zero-order valence-corrected chi connectivity index (χ0v) is 9.27. The van der Waals surface area contributed by atoms with Crippen LogP contribution in [0.15, 0.2) is 42.7 Å². The van der Waals surface area contributed by atoms with Crippen LogP contribution in [-0.4, -0.2) is 10.9 Å². The molecule has 0 saturated carbocycles. The van der Waals surface area contributed by atoms with Crippen molar-refractivity contribution in [3.8, 4) is 0 Å². The van der Waals surface area contributed by atoms with Crippen LogP contribution in [-0.2, 0) is 0 Å². The molecule has 0 radical (unpaired) electrons. The van der Waals surface area contributed by atoms with Crippen molar-refractivity contribution >= 4 is 11.6 Å². The van der Waals surface area contributed by atoms with E-state index in [-0.39, 0.29) is 5.56 Å². The summed E-state index contributed by atoms with van der Waals surface area (Å²) in [6.45, 7) is 1.70. The first-order valence-corrected chi connectivity index (χ1v) is 5.15. The SMILES string of the molecule is Cc1cccc(F)c1C(=O)Nc1cccnc1. The Bertz CT molecular complexity index is 520. The summed E-state index contributed by atoms with van der Waals surface area (Å²) in [7, 11) is 0. The van der Waals surface area contributed by atoms with E-state index < -0.39 is 11.7 Å². The average molecular weight is 230 g/mol. The van der Waals surface area contributed by atoms with E-state index in [2.05, 4.69) is 10.3 Å². The number of amides is 1. The first kappa shape index (κ1) is 11.3. The second-order valence-corrected chi connectivity index (χ2v) is 3.63. The van der Waals surface area contributed by atoms with Gasteiger partial charge in [0.05, 0.1) is 17.4 Å². The van der Waals surface area contributed by atoms with Gasteiger partial charge in [0.2, 0.25) is 0 Å². The molecule has 1 amide bonds. The number of aryl methyl sites for hydroxylation is 1. The van der Waals surface area contributed by atoms with Crippen molar-refractivity contribution in [2.24, 2.45) is 0 Å². The van der Waals surface area contributed by atoms with Gasteiger partial charge in [-0.05, 0) is 30.7 Å². The number of benzene rings is 1. The summed E-state index contributed by atoms with van der Waals surface area (Å²) in [5.74, 6) is -0.986. The fourth-order valence-electron chi connectivity index (χ4n) is 1.55. The van der Waals surface area contributed by atoms with E-state index >= 15 is 0 Å². The van der Waals surface area contributed by atoms with Crippen LogP contribution in [0.3, 0.4) is 0 Å². The number of hydrogen-bond donors (Lipinski definition) is 1. The van der Waals surface area contributed by atoms with Crippen LogP contribution in [0.25, 0.3) is 0 Å². The number of rotatable bonds is 2. The summed E-state index contributed by atoms with van der Waals surface area (Å²) in [5.41, 5.74) is 1.21. The molecular weight excluding hydrogens is 219 g/mol. The monoisotopic (exact) mass is 230 g/mol. The molecule has 0 aliphatic rings. The second-order valence-electron chi connectivity index (χ2n) is 3.63. The predicted octanol–water partition coefficient (Wildman–Crippen LogP) is 2.78. The van der Waals surface area contributed by atoms with Crippen molar-refractivity contribution < 1.29 is 9.18 Å². The Labute approximate surface area is 98.3 Å². The van der Waals surface area contributed by atoms with Crippen molar-refractivity contribution in [2.45, 2.75) is 6.92 Å². The Hall–Kier alpha value is -2.23. The summed E-state index contributed by atoms with van der Waals surface area (Å²) in [6.07, 6.45) is 3.11. The number of pyridine rings is 1. The number of nitrogens with one attached hydrogen (secondary N) is 1. The van der Waals surface area contributed by atoms with E-state index in [9.17, 15) is 9.18 Å². The molecule has 0 spiro atoms. The highest BCUT2D eigenvalue weighted by Gasteiger charge is 2.14. The normalized spacial score (nSPS) is 10.0. The third-order valence-corrected chi connectivity index (χ3v) is 2.37. The maximum absolute atomic E-state index is 13.5. The van der Waals surface area contributed by atoms with Crippen molar-refractivity contribution in [2.75, 3.05) is 5.32 Å². The molecule has 1 heterocycles. The molecule has 0 aliphatic carbocycles. The third-order valence-electron chi connectivity index (χ3n) is 2.37. The Morgan fingerprint density at radius 1 is 1.29 bits per heavy atom. The number of carbonyl (C=O) groups excluding carboxylic acids is 1. The highest BCUT2D eigenvalue weighted by molar-refractivity contribution is 6.05. The van der Waals surface area contributed by atoms with Crippen LogP contribution in [0, 0.1) is 12.7 Å². The molecule has 2 aromatic rings. The Morgan fingerprint density at radius 2 is 2.12 bits per heavy atom. The van der Waals surface area contributed by atoms with Gasteiger partial charge in [-0.3, -0.25) is 9.78 Å². The van der Waals surface area contributed by atoms with Crippen molar-refractivity contribution in [1.82, 2.24) is 4.98 Å². The minimum atomic E-state index is -0.522. The summed E-state index contributed by atoms with van der Waals surface area (Å²) in [5, 5.41) is 2.60. The van der Waals surface area contributed by atoms with Crippen molar-refractivity contribution in [3.63, 3.8) is 0 Å². The Balaban J connectivity index is 2.27. The van der Waals surface area contributed by atoms with Gasteiger partial charge in [0, 0.05) is 6.20 Å². The lowest BCUT2D eigenvalue weighted by Gasteiger charge is -2.07. The Morgan fingerprint density at radius 3 is 2.76 bits per heavy atom. The lowest BCUT2D eigenvalue weighted by atomic mass is 10.1. The lowest BCUT2D eigenvalue weighted by molar-refractivity contribution is 0.102. The number of halogens is 1. The first-order valence-electron chi connectivity index (χ1n) is 5.15. The van der Waals surface area contributed by atoms with Gasteiger partial charge >= 0.3 is 0 Å². The third kappa shape index (κ3) is 2.47. The number of nitrogens with zero attached hydrogens (tertiary/aromatic N) is 1. The van der Waals surface area contributed by atoms with E-state index in [1.54, 1.807) is 37.4 Å². The molecule has 2 rings (SSSR count). The number of carbonyl (C=O) groups is 1. The maximum Gasteiger partial charge on any atom is 0.258 e. The molecule has 4 heteroatoms. The molecule has 0 saturated heterocycles. The van der Waals surface area contributed by atoms with Gasteiger partial charge in [-0.2, -0.15) is 0 Å². The van der Waals surface area contributed by atoms with Crippen LogP contribution in [0.2, 0.25) is 0 Å². The highest BCUT2D eigenvalue weighted by atomic mass is 19.1. The maximum atomic E-state index is 13.5. The standard InChI is InChI=1S/C13H11FN2O/c1-9-4-2-6-11(14)12(9)13(17)16-10-5-3-7-15-8-10/h2-8H,1H3,(H,16,17). The molecule has 0 aliphatic heterocycles. The van der Waals surface area contributed by atoms with Crippen molar-refractivity contribution in [3.05, 3.63) is 59.7 Å². The smallest absolute Gasteiger partial charge is 0.258 e. The van der Waals surface area contributed by atoms with Crippen LogP contribution in [0.5, 0.6) is 0 Å². The first-order chi connectivity index (χ1) is 8.18. The van der Waals surface area contributed by atoms with Gasteiger partial charge in [-0.15, -0.1) is 0 Å².